The molecule has 2 rings (SSSR count). The summed E-state index contributed by atoms with van der Waals surface area (Å²) in [6.45, 7) is 9.04. The monoisotopic (exact) mass is 675 g/mol. The second-order valence-corrected chi connectivity index (χ2v) is 11.0. The summed E-state index contributed by atoms with van der Waals surface area (Å²) in [7, 11) is 0. The summed E-state index contributed by atoms with van der Waals surface area (Å²) in [5.74, 6) is -0.339. The number of carbonyl (C=O) groups excluding carboxylic acids is 4. The van der Waals surface area contributed by atoms with Crippen molar-refractivity contribution in [2.24, 2.45) is 0 Å². The smallest absolute Gasteiger partial charge is 0.407 e. The van der Waals surface area contributed by atoms with E-state index in [0.29, 0.717) is 64.1 Å². The molecule has 48 heavy (non-hydrogen) atoms. The van der Waals surface area contributed by atoms with Gasteiger partial charge in [0.25, 0.3) is 0 Å². The van der Waals surface area contributed by atoms with Crippen molar-refractivity contribution in [3.8, 4) is 5.75 Å². The minimum absolute atomic E-state index is 0.0386. The van der Waals surface area contributed by atoms with Gasteiger partial charge >= 0.3 is 12.1 Å². The summed E-state index contributed by atoms with van der Waals surface area (Å²) >= 11 is 0. The van der Waals surface area contributed by atoms with Gasteiger partial charge in [-0.05, 0) is 37.6 Å². The van der Waals surface area contributed by atoms with Crippen LogP contribution in [0.2, 0.25) is 0 Å². The maximum atomic E-state index is 12.4. The predicted molar refractivity (Wildman–Crippen MR) is 176 cm³/mol. The molecule has 0 aliphatic rings. The van der Waals surface area contributed by atoms with Gasteiger partial charge in [-0.3, -0.25) is 9.59 Å². The average molecular weight is 676 g/mol. The zero-order chi connectivity index (χ0) is 34.9. The number of rotatable bonds is 25. The predicted octanol–water partition coefficient (Wildman–Crippen LogP) is 2.64. The van der Waals surface area contributed by atoms with Crippen molar-refractivity contribution in [2.75, 3.05) is 79.1 Å². The van der Waals surface area contributed by atoms with E-state index in [9.17, 15) is 19.2 Å². The molecule has 0 aromatic heterocycles. The highest BCUT2D eigenvalue weighted by atomic mass is 16.6. The first-order chi connectivity index (χ1) is 23.1. The van der Waals surface area contributed by atoms with E-state index in [1.807, 2.05) is 30.3 Å². The van der Waals surface area contributed by atoms with Gasteiger partial charge in [0.15, 0.2) is 0 Å². The number of nitrogens with one attached hydrogen (secondary N) is 3. The average Bonchev–Trinajstić information content (AvgIpc) is 3.06. The third kappa shape index (κ3) is 20.1. The minimum atomic E-state index is -0.976. The summed E-state index contributed by atoms with van der Waals surface area (Å²) in [5.41, 5.74) is 0.254. The molecule has 0 bridgehead atoms. The van der Waals surface area contributed by atoms with Crippen LogP contribution in [0, 0.1) is 0 Å². The number of carbonyl (C=O) groups is 4. The lowest BCUT2D eigenvalue weighted by molar-refractivity contribution is -0.122. The number of ether oxygens (including phenoxy) is 7. The second-order valence-electron chi connectivity index (χ2n) is 11.0. The standard InChI is InChI=1S/C34H49N3O11/c1-27(38)35-15-17-43-19-21-45-23-22-44-20-18-42-16-12-31(39)36-13-14-37-33(41)48-34(2,3)26-47-30-11-7-10-29(24-30)32(40)46-25-28-8-5-4-6-9-28/h4-11,24H,12-23,25-26H2,1-3H3,(H,35,38)(H,36,39)(H,37,41). The van der Waals surface area contributed by atoms with Crippen molar-refractivity contribution in [3.63, 3.8) is 0 Å². The van der Waals surface area contributed by atoms with E-state index in [1.165, 1.54) is 6.92 Å². The van der Waals surface area contributed by atoms with Gasteiger partial charge in [-0.2, -0.15) is 0 Å². The van der Waals surface area contributed by atoms with E-state index < -0.39 is 17.7 Å². The van der Waals surface area contributed by atoms with Gasteiger partial charge in [-0.25, -0.2) is 9.59 Å². The number of hydrogen-bond donors (Lipinski definition) is 3. The molecule has 2 aromatic rings. The number of alkyl carbamates (subject to hydrolysis) is 1. The van der Waals surface area contributed by atoms with Crippen LogP contribution in [0.1, 0.15) is 43.1 Å². The molecule has 0 heterocycles. The summed E-state index contributed by atoms with van der Waals surface area (Å²) in [6, 6.07) is 16.0. The van der Waals surface area contributed by atoms with Crippen LogP contribution in [-0.4, -0.2) is 109 Å². The first kappa shape index (κ1) is 39.9. The largest absolute Gasteiger partial charge is 0.489 e. The summed E-state index contributed by atoms with van der Waals surface area (Å²) in [6.07, 6.45) is -0.483. The van der Waals surface area contributed by atoms with Crippen molar-refractivity contribution in [3.05, 3.63) is 65.7 Å². The van der Waals surface area contributed by atoms with Gasteiger partial charge in [0.05, 0.1) is 58.4 Å². The van der Waals surface area contributed by atoms with Crippen molar-refractivity contribution >= 4 is 23.9 Å². The fraction of sp³-hybridized carbons (Fsp3) is 0.529. The van der Waals surface area contributed by atoms with E-state index in [1.54, 1.807) is 38.1 Å². The molecular weight excluding hydrogens is 626 g/mol. The Morgan fingerprint density at radius 2 is 1.31 bits per heavy atom. The Hall–Kier alpha value is -4.24. The first-order valence-corrected chi connectivity index (χ1v) is 15.9. The molecule has 266 valence electrons. The first-order valence-electron chi connectivity index (χ1n) is 15.9. The molecule has 0 spiro atoms. The molecule has 0 atom stereocenters. The Labute approximate surface area is 282 Å². The summed E-state index contributed by atoms with van der Waals surface area (Å²) in [4.78, 5) is 47.4. The lowest BCUT2D eigenvalue weighted by atomic mass is 10.1. The summed E-state index contributed by atoms with van der Waals surface area (Å²) < 4.78 is 38.1. The molecular formula is C34H49N3O11. The molecule has 2 aromatic carbocycles. The maximum Gasteiger partial charge on any atom is 0.407 e. The van der Waals surface area contributed by atoms with Gasteiger partial charge in [0, 0.05) is 33.0 Å². The number of esters is 1. The molecule has 14 heteroatoms. The van der Waals surface area contributed by atoms with Crippen LogP contribution in [0.5, 0.6) is 5.75 Å². The molecule has 14 nitrogen and oxygen atoms in total. The van der Waals surface area contributed by atoms with Crippen LogP contribution >= 0.6 is 0 Å². The molecule has 3 amide bonds. The molecule has 0 radical (unpaired) electrons. The second kappa shape index (κ2) is 24.0. The van der Waals surface area contributed by atoms with Crippen molar-refractivity contribution in [2.45, 2.75) is 39.4 Å². The third-order valence-electron chi connectivity index (χ3n) is 6.16. The van der Waals surface area contributed by atoms with Crippen LogP contribution in [-0.2, 0) is 44.6 Å². The highest BCUT2D eigenvalue weighted by molar-refractivity contribution is 5.89. The third-order valence-corrected chi connectivity index (χ3v) is 6.16. The molecule has 0 unspecified atom stereocenters. The van der Waals surface area contributed by atoms with E-state index in [2.05, 4.69) is 16.0 Å². The van der Waals surface area contributed by atoms with Gasteiger partial charge < -0.3 is 49.1 Å². The van der Waals surface area contributed by atoms with Crippen molar-refractivity contribution in [1.82, 2.24) is 16.0 Å². The lowest BCUT2D eigenvalue weighted by Crippen LogP contribution is -2.41. The van der Waals surface area contributed by atoms with E-state index in [4.69, 9.17) is 33.2 Å². The Kier molecular flexibility index (Phi) is 20.0. The molecule has 0 saturated heterocycles. The van der Waals surface area contributed by atoms with E-state index in [-0.39, 0.29) is 51.1 Å². The molecule has 0 aliphatic carbocycles. The van der Waals surface area contributed by atoms with Gasteiger partial charge in [-0.15, -0.1) is 0 Å². The highest BCUT2D eigenvalue weighted by Crippen LogP contribution is 2.18. The van der Waals surface area contributed by atoms with Crippen molar-refractivity contribution < 1.29 is 52.3 Å². The van der Waals surface area contributed by atoms with Crippen LogP contribution in [0.4, 0.5) is 4.79 Å². The van der Waals surface area contributed by atoms with E-state index in [0.717, 1.165) is 5.56 Å². The highest BCUT2D eigenvalue weighted by Gasteiger charge is 2.24. The fourth-order valence-corrected chi connectivity index (χ4v) is 3.77. The van der Waals surface area contributed by atoms with Crippen LogP contribution in [0.3, 0.4) is 0 Å². The molecule has 0 fully saturated rings. The SMILES string of the molecule is CC(=O)NCCOCCOCCOCCOCCC(=O)NCCNC(=O)OC(C)(C)COc1cccc(C(=O)OCc2ccccc2)c1. The molecule has 0 saturated carbocycles. The topological polar surface area (TPSA) is 169 Å². The summed E-state index contributed by atoms with van der Waals surface area (Å²) in [5, 5.41) is 7.94. The van der Waals surface area contributed by atoms with Crippen molar-refractivity contribution in [1.29, 1.82) is 0 Å². The molecule has 3 N–H and O–H groups in total. The number of amides is 3. The zero-order valence-electron chi connectivity index (χ0n) is 28.1. The van der Waals surface area contributed by atoms with Gasteiger partial charge in [-0.1, -0.05) is 36.4 Å². The maximum absolute atomic E-state index is 12.4. The van der Waals surface area contributed by atoms with Crippen LogP contribution in [0.15, 0.2) is 54.6 Å². The minimum Gasteiger partial charge on any atom is -0.489 e. The normalized spacial score (nSPS) is 11.0. The Morgan fingerprint density at radius 1 is 0.688 bits per heavy atom. The van der Waals surface area contributed by atoms with Gasteiger partial charge in [0.2, 0.25) is 11.8 Å². The number of benzene rings is 2. The lowest BCUT2D eigenvalue weighted by Gasteiger charge is -2.25. The molecule has 0 aliphatic heterocycles. The zero-order valence-corrected chi connectivity index (χ0v) is 28.1. The van der Waals surface area contributed by atoms with Crippen LogP contribution in [0.25, 0.3) is 0 Å². The van der Waals surface area contributed by atoms with Gasteiger partial charge in [0.1, 0.15) is 24.6 Å². The number of hydrogen-bond acceptors (Lipinski definition) is 11. The van der Waals surface area contributed by atoms with Crippen LogP contribution < -0.4 is 20.7 Å². The Balaban J connectivity index is 1.46. The quantitative estimate of drug-likeness (QED) is 0.105. The Morgan fingerprint density at radius 3 is 1.98 bits per heavy atom. The van der Waals surface area contributed by atoms with E-state index >= 15 is 0 Å². The fourth-order valence-electron chi connectivity index (χ4n) is 3.77. The Bertz CT molecular complexity index is 1230.